The molecule has 0 fully saturated rings. The maximum atomic E-state index is 13.2. The van der Waals surface area contributed by atoms with E-state index in [-0.39, 0.29) is 10.6 Å². The normalized spacial score (nSPS) is 10.7. The zero-order valence-electron chi connectivity index (χ0n) is 8.45. The number of hydrogen-bond acceptors (Lipinski definition) is 1. The highest BCUT2D eigenvalue weighted by Gasteiger charge is 2.37. The lowest BCUT2D eigenvalue weighted by molar-refractivity contribution is -0.164. The molecule has 0 radical (unpaired) electrons. The molecule has 90 valence electrons. The predicted octanol–water partition coefficient (Wildman–Crippen LogP) is 3.27. The van der Waals surface area contributed by atoms with Crippen molar-refractivity contribution >= 4 is 17.4 Å². The van der Waals surface area contributed by atoms with Gasteiger partial charge in [0.2, 0.25) is 0 Å². The van der Waals surface area contributed by atoms with Crippen LogP contribution < -0.4 is 0 Å². The van der Waals surface area contributed by atoms with Crippen LogP contribution in [-0.2, 0) is 4.79 Å². The van der Waals surface area contributed by atoms with Crippen molar-refractivity contribution in [1.29, 1.82) is 0 Å². The van der Waals surface area contributed by atoms with Gasteiger partial charge in [-0.25, -0.2) is 4.39 Å². The lowest BCUT2D eigenvalue weighted by atomic mass is 10.1. The van der Waals surface area contributed by atoms with Crippen LogP contribution in [0.1, 0.15) is 11.1 Å². The van der Waals surface area contributed by atoms with Gasteiger partial charge in [-0.1, -0.05) is 17.5 Å². The Labute approximate surface area is 99.4 Å². The molecule has 17 heavy (non-hydrogen) atoms. The molecule has 1 rings (SSSR count). The molecular formula is C11H5ClF4O. The molecule has 0 bridgehead atoms. The first-order valence-corrected chi connectivity index (χ1v) is 4.68. The molecule has 0 saturated heterocycles. The summed E-state index contributed by atoms with van der Waals surface area (Å²) in [7, 11) is 0. The van der Waals surface area contributed by atoms with Crippen molar-refractivity contribution in [2.45, 2.75) is 13.1 Å². The van der Waals surface area contributed by atoms with Crippen molar-refractivity contribution in [1.82, 2.24) is 0 Å². The van der Waals surface area contributed by atoms with Crippen LogP contribution in [0.3, 0.4) is 0 Å². The highest BCUT2D eigenvalue weighted by molar-refractivity contribution is 6.31. The molecule has 1 aromatic carbocycles. The minimum Gasteiger partial charge on any atom is -0.275 e. The van der Waals surface area contributed by atoms with Crippen LogP contribution in [0.2, 0.25) is 5.02 Å². The Morgan fingerprint density at radius 1 is 1.35 bits per heavy atom. The number of benzene rings is 1. The third kappa shape index (κ3) is 3.46. The number of rotatable bonds is 0. The third-order valence-electron chi connectivity index (χ3n) is 1.82. The van der Waals surface area contributed by atoms with E-state index in [2.05, 4.69) is 0 Å². The van der Waals surface area contributed by atoms with Gasteiger partial charge < -0.3 is 0 Å². The van der Waals surface area contributed by atoms with Crippen LogP contribution in [0.4, 0.5) is 17.6 Å². The molecule has 0 unspecified atom stereocenters. The Morgan fingerprint density at radius 2 is 1.94 bits per heavy atom. The smallest absolute Gasteiger partial charge is 0.275 e. The topological polar surface area (TPSA) is 17.1 Å². The fraction of sp³-hybridized carbons (Fsp3) is 0.182. The summed E-state index contributed by atoms with van der Waals surface area (Å²) in [5, 5.41) is 0.134. The number of hydrogen-bond donors (Lipinski definition) is 0. The quantitative estimate of drug-likeness (QED) is 0.519. The van der Waals surface area contributed by atoms with E-state index in [9.17, 15) is 22.4 Å². The van der Waals surface area contributed by atoms with E-state index in [0.29, 0.717) is 5.56 Å². The van der Waals surface area contributed by atoms with Crippen LogP contribution in [0.15, 0.2) is 12.1 Å². The fourth-order valence-corrected chi connectivity index (χ4v) is 1.10. The zero-order chi connectivity index (χ0) is 13.2. The summed E-state index contributed by atoms with van der Waals surface area (Å²) in [6, 6.07) is 2.10. The first-order valence-electron chi connectivity index (χ1n) is 4.30. The minimum absolute atomic E-state index is 0.134. The lowest BCUT2D eigenvalue weighted by Crippen LogP contribution is -2.20. The average molecular weight is 265 g/mol. The van der Waals surface area contributed by atoms with E-state index in [4.69, 9.17) is 11.6 Å². The second-order valence-corrected chi connectivity index (χ2v) is 3.57. The van der Waals surface area contributed by atoms with Crippen LogP contribution in [0.25, 0.3) is 0 Å². The van der Waals surface area contributed by atoms with Crippen molar-refractivity contribution in [2.75, 3.05) is 0 Å². The van der Waals surface area contributed by atoms with Gasteiger partial charge in [0.1, 0.15) is 5.82 Å². The first kappa shape index (κ1) is 13.5. The Morgan fingerprint density at radius 3 is 2.47 bits per heavy atom. The number of Topliss-reactive ketones (excluding diaryl/α,β-unsaturated/α-hetero) is 1. The number of ketones is 1. The van der Waals surface area contributed by atoms with Gasteiger partial charge in [-0.2, -0.15) is 13.2 Å². The van der Waals surface area contributed by atoms with Gasteiger partial charge in [0.05, 0.1) is 5.56 Å². The molecule has 1 nitrogen and oxygen atoms in total. The summed E-state index contributed by atoms with van der Waals surface area (Å²) in [5.74, 6) is 0.0733. The van der Waals surface area contributed by atoms with E-state index in [1.54, 1.807) is 6.92 Å². The van der Waals surface area contributed by atoms with Crippen molar-refractivity contribution in [2.24, 2.45) is 0 Å². The molecule has 1 aromatic rings. The van der Waals surface area contributed by atoms with E-state index in [1.165, 1.54) is 12.0 Å². The number of halogens is 5. The van der Waals surface area contributed by atoms with Crippen molar-refractivity contribution in [3.8, 4) is 11.8 Å². The van der Waals surface area contributed by atoms with Gasteiger partial charge in [-0.3, -0.25) is 4.79 Å². The molecule has 0 N–H and O–H groups in total. The lowest BCUT2D eigenvalue weighted by Gasteiger charge is -2.00. The standard InChI is InChI=1S/C11H5ClF4O/c1-6-4-7(9(13)5-8(6)12)2-3-10(17)11(14,15)16/h4-5H,1H3. The second-order valence-electron chi connectivity index (χ2n) is 3.16. The van der Waals surface area contributed by atoms with E-state index in [1.807, 2.05) is 5.92 Å². The molecule has 0 saturated carbocycles. The van der Waals surface area contributed by atoms with Gasteiger partial charge >= 0.3 is 12.0 Å². The Kier molecular flexibility index (Phi) is 3.79. The molecule has 0 aliphatic rings. The molecule has 0 spiro atoms. The summed E-state index contributed by atoms with van der Waals surface area (Å²) in [6.07, 6.45) is -5.04. The molecule has 0 heterocycles. The third-order valence-corrected chi connectivity index (χ3v) is 2.22. The monoisotopic (exact) mass is 264 g/mol. The van der Waals surface area contributed by atoms with E-state index in [0.717, 1.165) is 6.07 Å². The Hall–Kier alpha value is -1.54. The molecule has 0 aromatic heterocycles. The van der Waals surface area contributed by atoms with Crippen molar-refractivity contribution in [3.05, 3.63) is 34.1 Å². The van der Waals surface area contributed by atoms with Gasteiger partial charge in [-0.05, 0) is 30.5 Å². The SMILES string of the molecule is Cc1cc(C#CC(=O)C(F)(F)F)c(F)cc1Cl. The van der Waals surface area contributed by atoms with Gasteiger partial charge in [0.15, 0.2) is 0 Å². The zero-order valence-corrected chi connectivity index (χ0v) is 9.21. The van der Waals surface area contributed by atoms with E-state index < -0.39 is 17.8 Å². The van der Waals surface area contributed by atoms with Crippen LogP contribution in [0.5, 0.6) is 0 Å². The largest absolute Gasteiger partial charge is 0.462 e. The summed E-state index contributed by atoms with van der Waals surface area (Å²) < 4.78 is 48.7. The van der Waals surface area contributed by atoms with Crippen LogP contribution >= 0.6 is 11.6 Å². The second kappa shape index (κ2) is 4.76. The average Bonchev–Trinajstić information content (AvgIpc) is 2.19. The number of carbonyl (C=O) groups is 1. The maximum Gasteiger partial charge on any atom is 0.462 e. The highest BCUT2D eigenvalue weighted by atomic mass is 35.5. The van der Waals surface area contributed by atoms with Gasteiger partial charge in [-0.15, -0.1) is 0 Å². The summed E-state index contributed by atoms with van der Waals surface area (Å²) in [6.45, 7) is 1.54. The summed E-state index contributed by atoms with van der Waals surface area (Å²) in [5.41, 5.74) is 0.154. The Balaban J connectivity index is 3.09. The number of alkyl halides is 3. The number of aryl methyl sites for hydroxylation is 1. The predicted molar refractivity (Wildman–Crippen MR) is 54.1 cm³/mol. The first-order chi connectivity index (χ1) is 7.71. The molecule has 0 aliphatic carbocycles. The van der Waals surface area contributed by atoms with E-state index >= 15 is 0 Å². The molecule has 0 atom stereocenters. The molecular weight excluding hydrogens is 260 g/mol. The molecule has 6 heteroatoms. The molecule has 0 amide bonds. The summed E-state index contributed by atoms with van der Waals surface area (Å²) in [4.78, 5) is 10.5. The van der Waals surface area contributed by atoms with Crippen molar-refractivity contribution < 1.29 is 22.4 Å². The Bertz CT molecular complexity index is 523. The number of carbonyl (C=O) groups excluding carboxylic acids is 1. The maximum absolute atomic E-state index is 13.2. The van der Waals surface area contributed by atoms with Gasteiger partial charge in [0, 0.05) is 5.02 Å². The van der Waals surface area contributed by atoms with Gasteiger partial charge in [0.25, 0.3) is 0 Å². The van der Waals surface area contributed by atoms with Crippen LogP contribution in [0, 0.1) is 24.6 Å². The fourth-order valence-electron chi connectivity index (χ4n) is 0.948. The molecule has 0 aliphatic heterocycles. The van der Waals surface area contributed by atoms with Crippen LogP contribution in [-0.4, -0.2) is 12.0 Å². The minimum atomic E-state index is -5.04. The summed E-state index contributed by atoms with van der Waals surface area (Å²) >= 11 is 5.59. The van der Waals surface area contributed by atoms with Crippen molar-refractivity contribution in [3.63, 3.8) is 0 Å². The highest BCUT2D eigenvalue weighted by Crippen LogP contribution is 2.19.